The molecule has 0 radical (unpaired) electrons. The van der Waals surface area contributed by atoms with Crippen molar-refractivity contribution in [1.82, 2.24) is 30.4 Å². The first-order valence-corrected chi connectivity index (χ1v) is 12.4. The van der Waals surface area contributed by atoms with Crippen LogP contribution in [0.15, 0.2) is 40.7 Å². The van der Waals surface area contributed by atoms with Gasteiger partial charge < -0.3 is 21.3 Å². The van der Waals surface area contributed by atoms with Gasteiger partial charge in [0.05, 0.1) is 6.42 Å². The molecule has 1 aromatic carbocycles. The fourth-order valence-corrected chi connectivity index (χ4v) is 6.16. The smallest absolute Gasteiger partial charge is 0.352 e. The SMILES string of the molecule is NCc1ccccc1CC(=O)N[C@H]1C(=O)N2C(C(=O)O)=C(CSc3nnnn3CC(=O)O)CS[C@H]12. The predicted molar refractivity (Wildman–Crippen MR) is 124 cm³/mol. The van der Waals surface area contributed by atoms with Crippen LogP contribution in [0.2, 0.25) is 0 Å². The van der Waals surface area contributed by atoms with E-state index in [0.717, 1.165) is 27.6 Å². The van der Waals surface area contributed by atoms with E-state index in [1.807, 2.05) is 12.1 Å². The molecule has 0 saturated carbocycles. The number of carboxylic acid groups (broad SMARTS) is 2. The quantitative estimate of drug-likeness (QED) is 0.228. The van der Waals surface area contributed by atoms with Crippen LogP contribution >= 0.6 is 23.5 Å². The number of nitrogens with one attached hydrogen (secondary N) is 1. The van der Waals surface area contributed by atoms with Crippen molar-refractivity contribution < 1.29 is 29.4 Å². The second kappa shape index (κ2) is 10.5. The molecule has 2 aliphatic heterocycles. The van der Waals surface area contributed by atoms with Gasteiger partial charge >= 0.3 is 11.9 Å². The average molecular weight is 520 g/mol. The van der Waals surface area contributed by atoms with Crippen LogP contribution in [0.1, 0.15) is 11.1 Å². The third-order valence-electron chi connectivity index (χ3n) is 5.42. The molecule has 3 heterocycles. The fraction of sp³-hybridized carbons (Fsp3) is 0.350. The lowest BCUT2D eigenvalue weighted by Crippen LogP contribution is -2.70. The molecule has 15 heteroatoms. The Hall–Kier alpha value is -3.43. The highest BCUT2D eigenvalue weighted by Gasteiger charge is 2.54. The first-order chi connectivity index (χ1) is 16.8. The number of nitrogens with zero attached hydrogens (tertiary/aromatic N) is 5. The number of carbonyl (C=O) groups excluding carboxylic acids is 2. The lowest BCUT2D eigenvalue weighted by atomic mass is 10.0. The van der Waals surface area contributed by atoms with E-state index >= 15 is 0 Å². The first-order valence-electron chi connectivity index (χ1n) is 10.4. The van der Waals surface area contributed by atoms with E-state index in [9.17, 15) is 24.3 Å². The Balaban J connectivity index is 1.43. The van der Waals surface area contributed by atoms with Crippen molar-refractivity contribution in [3.05, 3.63) is 46.7 Å². The van der Waals surface area contributed by atoms with Crippen LogP contribution in [0, 0.1) is 0 Å². The molecule has 184 valence electrons. The van der Waals surface area contributed by atoms with Crippen molar-refractivity contribution >= 4 is 47.3 Å². The average Bonchev–Trinajstić information content (AvgIpc) is 3.26. The van der Waals surface area contributed by atoms with Gasteiger partial charge in [0, 0.05) is 18.1 Å². The Labute approximate surface area is 207 Å². The molecule has 0 unspecified atom stereocenters. The molecule has 2 aromatic rings. The Bertz CT molecular complexity index is 1220. The summed E-state index contributed by atoms with van der Waals surface area (Å²) >= 11 is 2.42. The summed E-state index contributed by atoms with van der Waals surface area (Å²) in [7, 11) is 0. The van der Waals surface area contributed by atoms with Gasteiger partial charge in [-0.3, -0.25) is 19.3 Å². The number of hydrogen-bond donors (Lipinski definition) is 4. The largest absolute Gasteiger partial charge is 0.480 e. The van der Waals surface area contributed by atoms with E-state index in [0.29, 0.717) is 11.3 Å². The minimum atomic E-state index is -1.26. The first kappa shape index (κ1) is 24.7. The van der Waals surface area contributed by atoms with Crippen molar-refractivity contribution in [3.63, 3.8) is 0 Å². The van der Waals surface area contributed by atoms with Crippen molar-refractivity contribution in [1.29, 1.82) is 0 Å². The van der Waals surface area contributed by atoms with Crippen LogP contribution in [0.5, 0.6) is 0 Å². The molecule has 1 fully saturated rings. The number of thioether (sulfide) groups is 2. The number of carboxylic acids is 2. The van der Waals surface area contributed by atoms with Crippen molar-refractivity contribution in [2.45, 2.75) is 36.1 Å². The molecule has 5 N–H and O–H groups in total. The Morgan fingerprint density at radius 2 is 1.97 bits per heavy atom. The summed E-state index contributed by atoms with van der Waals surface area (Å²) in [5, 5.41) is 32.0. The van der Waals surface area contributed by atoms with Gasteiger partial charge in [0.2, 0.25) is 11.1 Å². The molecule has 2 aliphatic rings. The van der Waals surface area contributed by atoms with E-state index in [-0.39, 0.29) is 35.5 Å². The van der Waals surface area contributed by atoms with Crippen LogP contribution in [0.25, 0.3) is 0 Å². The van der Waals surface area contributed by atoms with Crippen LogP contribution < -0.4 is 11.1 Å². The third kappa shape index (κ3) is 5.16. The molecule has 2 amide bonds. The summed E-state index contributed by atoms with van der Waals surface area (Å²) in [5.74, 6) is -2.77. The maximum Gasteiger partial charge on any atom is 0.352 e. The summed E-state index contributed by atoms with van der Waals surface area (Å²) in [6.07, 6.45) is 0.0586. The minimum Gasteiger partial charge on any atom is -0.480 e. The molecule has 35 heavy (non-hydrogen) atoms. The third-order valence-corrected chi connectivity index (χ3v) is 7.80. The number of rotatable bonds is 10. The van der Waals surface area contributed by atoms with Crippen LogP contribution in [0.3, 0.4) is 0 Å². The highest BCUT2D eigenvalue weighted by molar-refractivity contribution is 8.01. The van der Waals surface area contributed by atoms with Crippen LogP contribution in [-0.4, -0.2) is 82.0 Å². The molecule has 0 spiro atoms. The summed E-state index contributed by atoms with van der Waals surface area (Å²) in [6, 6.07) is 6.44. The molecular weight excluding hydrogens is 498 g/mol. The summed E-state index contributed by atoms with van der Waals surface area (Å²) in [4.78, 5) is 49.6. The zero-order valence-corrected chi connectivity index (χ0v) is 19.8. The lowest BCUT2D eigenvalue weighted by molar-refractivity contribution is -0.150. The Morgan fingerprint density at radius 3 is 2.66 bits per heavy atom. The normalized spacial score (nSPS) is 19.2. The van der Waals surface area contributed by atoms with Crippen LogP contribution in [-0.2, 0) is 38.7 Å². The van der Waals surface area contributed by atoms with E-state index in [2.05, 4.69) is 20.8 Å². The summed E-state index contributed by atoms with van der Waals surface area (Å²) in [6.45, 7) is -0.146. The number of aromatic nitrogens is 4. The molecule has 1 saturated heterocycles. The van der Waals surface area contributed by atoms with Crippen LogP contribution in [0.4, 0.5) is 0 Å². The molecule has 0 bridgehead atoms. The predicted octanol–water partition coefficient (Wildman–Crippen LogP) is -0.710. The Morgan fingerprint density at radius 1 is 1.23 bits per heavy atom. The number of fused-ring (bicyclic) bond motifs is 1. The van der Waals surface area contributed by atoms with Gasteiger partial charge in [0.1, 0.15) is 23.7 Å². The van der Waals surface area contributed by atoms with E-state index in [4.69, 9.17) is 10.8 Å². The number of nitrogens with two attached hydrogens (primary N) is 1. The van der Waals surface area contributed by atoms with Crippen molar-refractivity contribution in [3.8, 4) is 0 Å². The van der Waals surface area contributed by atoms with Gasteiger partial charge in [-0.25, -0.2) is 9.48 Å². The maximum atomic E-state index is 12.8. The molecule has 4 rings (SSSR count). The van der Waals surface area contributed by atoms with Crippen molar-refractivity contribution in [2.75, 3.05) is 11.5 Å². The molecular formula is C20H21N7O6S2. The highest BCUT2D eigenvalue weighted by atomic mass is 32.2. The van der Waals surface area contributed by atoms with Gasteiger partial charge in [-0.1, -0.05) is 36.0 Å². The maximum absolute atomic E-state index is 12.8. The van der Waals surface area contributed by atoms with E-state index in [1.165, 1.54) is 16.7 Å². The van der Waals surface area contributed by atoms with Gasteiger partial charge in [-0.05, 0) is 27.1 Å². The number of aliphatic carboxylic acids is 2. The number of amides is 2. The van der Waals surface area contributed by atoms with E-state index in [1.54, 1.807) is 12.1 Å². The standard InChI is InChI=1S/C20H21N7O6S2/c21-6-11-4-2-1-3-10(11)5-13(28)22-15-17(31)27-16(19(32)33)12(8-34-18(15)27)9-35-20-23-24-25-26(20)7-14(29)30/h1-4,15,18H,5-9,21H2,(H,22,28)(H,29,30)(H,32,33)/t15-,18+/m0/s1. The molecule has 2 atom stereocenters. The summed E-state index contributed by atoms with van der Waals surface area (Å²) < 4.78 is 1.09. The van der Waals surface area contributed by atoms with E-state index < -0.39 is 35.8 Å². The Kier molecular flexibility index (Phi) is 7.37. The minimum absolute atomic E-state index is 0.0586. The zero-order chi connectivity index (χ0) is 25.1. The number of carbonyl (C=O) groups is 4. The van der Waals surface area contributed by atoms with Gasteiger partial charge in [0.25, 0.3) is 5.91 Å². The molecule has 13 nitrogen and oxygen atoms in total. The second-order valence-electron chi connectivity index (χ2n) is 7.66. The number of hydrogen-bond acceptors (Lipinski definition) is 10. The molecule has 0 aliphatic carbocycles. The van der Waals surface area contributed by atoms with Crippen molar-refractivity contribution in [2.24, 2.45) is 5.73 Å². The second-order valence-corrected chi connectivity index (χ2v) is 9.71. The number of benzene rings is 1. The van der Waals surface area contributed by atoms with Gasteiger partial charge in [-0.15, -0.1) is 16.9 Å². The lowest BCUT2D eigenvalue weighted by Gasteiger charge is -2.49. The number of β-lactam (4-membered cyclic amide) rings is 1. The summed E-state index contributed by atoms with van der Waals surface area (Å²) in [5.41, 5.74) is 7.66. The number of tetrazole rings is 1. The monoisotopic (exact) mass is 519 g/mol. The zero-order valence-electron chi connectivity index (χ0n) is 18.2. The topological polar surface area (TPSA) is 194 Å². The highest BCUT2D eigenvalue weighted by Crippen LogP contribution is 2.41. The molecule has 1 aromatic heterocycles. The van der Waals surface area contributed by atoms with Gasteiger partial charge in [0.15, 0.2) is 0 Å². The van der Waals surface area contributed by atoms with Gasteiger partial charge in [-0.2, -0.15) is 0 Å². The fourth-order valence-electron chi connectivity index (χ4n) is 3.80.